The van der Waals surface area contributed by atoms with Crippen molar-refractivity contribution in [2.75, 3.05) is 5.32 Å². The third-order valence-electron chi connectivity index (χ3n) is 2.81. The molecule has 0 saturated carbocycles. The molecule has 0 spiro atoms. The lowest BCUT2D eigenvalue weighted by Crippen LogP contribution is -2.13. The van der Waals surface area contributed by atoms with E-state index in [4.69, 9.17) is 0 Å². The lowest BCUT2D eigenvalue weighted by Gasteiger charge is -2.07. The largest absolute Gasteiger partial charge is 0.326 e. The summed E-state index contributed by atoms with van der Waals surface area (Å²) < 4.78 is 1.76. The number of thiophene rings is 1. The monoisotopic (exact) mass is 283 g/mol. The molecule has 1 aromatic carbocycles. The molecule has 100 valence electrons. The van der Waals surface area contributed by atoms with Gasteiger partial charge in [-0.3, -0.25) is 4.79 Å². The van der Waals surface area contributed by atoms with E-state index in [0.29, 0.717) is 6.42 Å². The number of anilines is 1. The van der Waals surface area contributed by atoms with E-state index in [0.717, 1.165) is 16.3 Å². The van der Waals surface area contributed by atoms with Crippen molar-refractivity contribution in [2.45, 2.75) is 6.42 Å². The van der Waals surface area contributed by atoms with Crippen LogP contribution >= 0.6 is 11.3 Å². The fraction of sp³-hybridized carbons (Fsp3) is 0.0667. The molecule has 0 aliphatic carbocycles. The van der Waals surface area contributed by atoms with Crippen LogP contribution in [0.3, 0.4) is 0 Å². The molecule has 1 N–H and O–H groups in total. The minimum absolute atomic E-state index is 0.00920. The quantitative estimate of drug-likeness (QED) is 0.799. The standard InChI is InChI=1S/C15H13N3OS/c19-15(11-14-6-2-9-20-14)17-12-4-1-5-13(10-12)18-8-3-7-16-18/h1-10H,11H2,(H,17,19). The molecule has 0 saturated heterocycles. The molecule has 20 heavy (non-hydrogen) atoms. The maximum atomic E-state index is 12.0. The zero-order chi connectivity index (χ0) is 13.8. The van der Waals surface area contributed by atoms with E-state index >= 15 is 0 Å². The molecule has 5 heteroatoms. The van der Waals surface area contributed by atoms with Gasteiger partial charge in [0.25, 0.3) is 0 Å². The Hall–Kier alpha value is -2.40. The van der Waals surface area contributed by atoms with Gasteiger partial charge in [-0.05, 0) is 35.7 Å². The molecule has 0 fully saturated rings. The number of aromatic nitrogens is 2. The summed E-state index contributed by atoms with van der Waals surface area (Å²) in [6, 6.07) is 13.4. The van der Waals surface area contributed by atoms with Crippen molar-refractivity contribution in [2.24, 2.45) is 0 Å². The van der Waals surface area contributed by atoms with Gasteiger partial charge in [0.05, 0.1) is 12.1 Å². The number of nitrogens with zero attached hydrogens (tertiary/aromatic N) is 2. The molecule has 1 amide bonds. The van der Waals surface area contributed by atoms with Gasteiger partial charge in [0.15, 0.2) is 0 Å². The van der Waals surface area contributed by atoms with Gasteiger partial charge < -0.3 is 5.32 Å². The number of carbonyl (C=O) groups is 1. The SMILES string of the molecule is O=C(Cc1cccs1)Nc1cccc(-n2cccn2)c1. The Morgan fingerprint density at radius 3 is 2.95 bits per heavy atom. The van der Waals surface area contributed by atoms with Gasteiger partial charge in [0.1, 0.15) is 0 Å². The van der Waals surface area contributed by atoms with Gasteiger partial charge in [0, 0.05) is 23.0 Å². The molecule has 2 aromatic heterocycles. The Kier molecular flexibility index (Phi) is 3.60. The van der Waals surface area contributed by atoms with Crippen molar-refractivity contribution in [3.8, 4) is 5.69 Å². The molecule has 0 aliphatic heterocycles. The zero-order valence-corrected chi connectivity index (χ0v) is 11.5. The lowest BCUT2D eigenvalue weighted by molar-refractivity contribution is -0.115. The summed E-state index contributed by atoms with van der Waals surface area (Å²) in [5.74, 6) is -0.00920. The van der Waals surface area contributed by atoms with Crippen molar-refractivity contribution < 1.29 is 4.79 Å². The molecule has 2 heterocycles. The number of amides is 1. The molecule has 3 rings (SSSR count). The minimum Gasteiger partial charge on any atom is -0.326 e. The summed E-state index contributed by atoms with van der Waals surface area (Å²) in [7, 11) is 0. The molecule has 4 nitrogen and oxygen atoms in total. The van der Waals surface area contributed by atoms with Crippen molar-refractivity contribution in [3.05, 3.63) is 65.1 Å². The van der Waals surface area contributed by atoms with Crippen LogP contribution in [0, 0.1) is 0 Å². The van der Waals surface area contributed by atoms with Gasteiger partial charge in [-0.15, -0.1) is 11.3 Å². The van der Waals surface area contributed by atoms with Crippen molar-refractivity contribution in [1.82, 2.24) is 9.78 Å². The van der Waals surface area contributed by atoms with Crippen LogP contribution in [0.1, 0.15) is 4.88 Å². The van der Waals surface area contributed by atoms with Crippen molar-refractivity contribution in [1.29, 1.82) is 0 Å². The first-order valence-corrected chi connectivity index (χ1v) is 7.11. The van der Waals surface area contributed by atoms with Gasteiger partial charge >= 0.3 is 0 Å². The zero-order valence-electron chi connectivity index (χ0n) is 10.7. The van der Waals surface area contributed by atoms with Gasteiger partial charge in [-0.25, -0.2) is 4.68 Å². The second-order valence-corrected chi connectivity index (χ2v) is 5.34. The maximum Gasteiger partial charge on any atom is 0.229 e. The van der Waals surface area contributed by atoms with Crippen LogP contribution in [0.2, 0.25) is 0 Å². The van der Waals surface area contributed by atoms with E-state index < -0.39 is 0 Å². The van der Waals surface area contributed by atoms with Crippen molar-refractivity contribution in [3.63, 3.8) is 0 Å². The van der Waals surface area contributed by atoms with Crippen LogP contribution < -0.4 is 5.32 Å². The van der Waals surface area contributed by atoms with E-state index in [1.807, 2.05) is 54.0 Å². The van der Waals surface area contributed by atoms with Crippen LogP contribution in [-0.4, -0.2) is 15.7 Å². The van der Waals surface area contributed by atoms with Gasteiger partial charge in [-0.1, -0.05) is 12.1 Å². The molecule has 0 aliphatic rings. The first-order chi connectivity index (χ1) is 9.81. The summed E-state index contributed by atoms with van der Waals surface area (Å²) in [5, 5.41) is 9.06. The molecular formula is C15H13N3OS. The van der Waals surface area contributed by atoms with Crippen LogP contribution in [0.25, 0.3) is 5.69 Å². The van der Waals surface area contributed by atoms with Crippen LogP contribution in [-0.2, 0) is 11.2 Å². The highest BCUT2D eigenvalue weighted by molar-refractivity contribution is 7.10. The summed E-state index contributed by atoms with van der Waals surface area (Å²) in [6.07, 6.45) is 4.00. The fourth-order valence-corrected chi connectivity index (χ4v) is 2.63. The summed E-state index contributed by atoms with van der Waals surface area (Å²) in [6.45, 7) is 0. The third kappa shape index (κ3) is 2.95. The first kappa shape index (κ1) is 12.6. The van der Waals surface area contributed by atoms with Crippen molar-refractivity contribution >= 4 is 22.9 Å². The van der Waals surface area contributed by atoms with E-state index in [1.54, 1.807) is 22.2 Å². The number of nitrogens with one attached hydrogen (secondary N) is 1. The molecule has 0 radical (unpaired) electrons. The van der Waals surface area contributed by atoms with Crippen LogP contribution in [0.15, 0.2) is 60.2 Å². The van der Waals surface area contributed by atoms with Crippen LogP contribution in [0.4, 0.5) is 5.69 Å². The highest BCUT2D eigenvalue weighted by atomic mass is 32.1. The smallest absolute Gasteiger partial charge is 0.229 e. The number of carbonyl (C=O) groups excluding carboxylic acids is 1. The molecule has 0 atom stereocenters. The van der Waals surface area contributed by atoms with E-state index in [9.17, 15) is 4.79 Å². The molecular weight excluding hydrogens is 270 g/mol. The van der Waals surface area contributed by atoms with E-state index in [1.165, 1.54) is 0 Å². The molecule has 0 unspecified atom stereocenters. The Labute approximate surface area is 120 Å². The fourth-order valence-electron chi connectivity index (χ4n) is 1.92. The van der Waals surface area contributed by atoms with E-state index in [2.05, 4.69) is 10.4 Å². The highest BCUT2D eigenvalue weighted by Gasteiger charge is 2.05. The number of benzene rings is 1. The summed E-state index contributed by atoms with van der Waals surface area (Å²) in [5.41, 5.74) is 1.70. The normalized spacial score (nSPS) is 10.4. The van der Waals surface area contributed by atoms with Crippen LogP contribution in [0.5, 0.6) is 0 Å². The highest BCUT2D eigenvalue weighted by Crippen LogP contribution is 2.15. The summed E-state index contributed by atoms with van der Waals surface area (Å²) in [4.78, 5) is 13.0. The Bertz CT molecular complexity index is 690. The number of rotatable bonds is 4. The average Bonchev–Trinajstić information content (AvgIpc) is 3.11. The molecule has 0 bridgehead atoms. The Morgan fingerprint density at radius 2 is 2.20 bits per heavy atom. The van der Waals surface area contributed by atoms with Gasteiger partial charge in [0.2, 0.25) is 5.91 Å². The third-order valence-corrected chi connectivity index (χ3v) is 3.69. The second kappa shape index (κ2) is 5.71. The minimum atomic E-state index is -0.00920. The number of hydrogen-bond acceptors (Lipinski definition) is 3. The Balaban J connectivity index is 1.71. The number of hydrogen-bond donors (Lipinski definition) is 1. The predicted molar refractivity (Wildman–Crippen MR) is 80.2 cm³/mol. The Morgan fingerprint density at radius 1 is 1.25 bits per heavy atom. The first-order valence-electron chi connectivity index (χ1n) is 6.23. The van der Waals surface area contributed by atoms with Gasteiger partial charge in [-0.2, -0.15) is 5.10 Å². The summed E-state index contributed by atoms with van der Waals surface area (Å²) >= 11 is 1.59. The predicted octanol–water partition coefficient (Wildman–Crippen LogP) is 3.12. The topological polar surface area (TPSA) is 46.9 Å². The second-order valence-electron chi connectivity index (χ2n) is 4.31. The molecule has 3 aromatic rings. The van der Waals surface area contributed by atoms with E-state index in [-0.39, 0.29) is 5.91 Å². The lowest BCUT2D eigenvalue weighted by atomic mass is 10.2. The maximum absolute atomic E-state index is 12.0. The average molecular weight is 283 g/mol.